The Balaban J connectivity index is 1.51. The van der Waals surface area contributed by atoms with Crippen LogP contribution in [0.2, 0.25) is 0 Å². The van der Waals surface area contributed by atoms with Gasteiger partial charge in [0.1, 0.15) is 0 Å². The van der Waals surface area contributed by atoms with Crippen molar-refractivity contribution in [1.82, 2.24) is 15.5 Å². The van der Waals surface area contributed by atoms with Crippen LogP contribution in [-0.4, -0.2) is 10.1 Å². The quantitative estimate of drug-likeness (QED) is 0.753. The third-order valence-electron chi connectivity index (χ3n) is 3.16. The van der Waals surface area contributed by atoms with Crippen LogP contribution < -0.4 is 5.32 Å². The fourth-order valence-corrected chi connectivity index (χ4v) is 2.12. The zero-order valence-electron chi connectivity index (χ0n) is 11.7. The van der Waals surface area contributed by atoms with Crippen molar-refractivity contribution in [2.24, 2.45) is 0 Å². The average molecular weight is 279 g/mol. The number of nitrogens with zero attached hydrogens (tertiary/aromatic N) is 2. The van der Waals surface area contributed by atoms with E-state index in [4.69, 9.17) is 4.52 Å². The highest BCUT2D eigenvalue weighted by molar-refractivity contribution is 5.18. The van der Waals surface area contributed by atoms with Gasteiger partial charge in [0, 0.05) is 13.0 Å². The predicted octanol–water partition coefficient (Wildman–Crippen LogP) is 2.95. The first-order valence-corrected chi connectivity index (χ1v) is 7.00. The maximum absolute atomic E-state index is 5.25. The molecule has 0 aliphatic carbocycles. The van der Waals surface area contributed by atoms with Crippen molar-refractivity contribution in [3.8, 4) is 0 Å². The molecule has 0 atom stereocenters. The van der Waals surface area contributed by atoms with Crippen molar-refractivity contribution in [2.45, 2.75) is 19.5 Å². The topological polar surface area (TPSA) is 51.0 Å². The van der Waals surface area contributed by atoms with Gasteiger partial charge in [0.15, 0.2) is 5.82 Å². The average Bonchev–Trinajstić information content (AvgIpc) is 2.97. The van der Waals surface area contributed by atoms with E-state index in [2.05, 4.69) is 39.7 Å². The fraction of sp³-hybridized carbons (Fsp3) is 0.176. The zero-order valence-corrected chi connectivity index (χ0v) is 11.7. The Morgan fingerprint density at radius 3 is 2.19 bits per heavy atom. The molecule has 0 aliphatic heterocycles. The molecule has 0 radical (unpaired) electrons. The van der Waals surface area contributed by atoms with Crippen molar-refractivity contribution < 1.29 is 4.52 Å². The predicted molar refractivity (Wildman–Crippen MR) is 80.5 cm³/mol. The Labute approximate surface area is 123 Å². The Hall–Kier alpha value is -2.46. The lowest BCUT2D eigenvalue weighted by Crippen LogP contribution is -2.12. The van der Waals surface area contributed by atoms with Gasteiger partial charge in [-0.15, -0.1) is 0 Å². The second-order valence-corrected chi connectivity index (χ2v) is 4.86. The van der Waals surface area contributed by atoms with Gasteiger partial charge in [0.05, 0.1) is 6.54 Å². The Morgan fingerprint density at radius 2 is 1.48 bits per heavy atom. The smallest absolute Gasteiger partial charge is 0.240 e. The number of hydrogen-bond acceptors (Lipinski definition) is 4. The zero-order chi connectivity index (χ0) is 14.3. The molecule has 3 rings (SSSR count). The molecule has 3 aromatic rings. The van der Waals surface area contributed by atoms with E-state index < -0.39 is 0 Å². The molecule has 2 aromatic carbocycles. The maximum atomic E-state index is 5.25. The summed E-state index contributed by atoms with van der Waals surface area (Å²) in [6, 6.07) is 20.4. The first kappa shape index (κ1) is 13.5. The lowest BCUT2D eigenvalue weighted by Gasteiger charge is -2.00. The molecule has 0 fully saturated rings. The summed E-state index contributed by atoms with van der Waals surface area (Å²) in [7, 11) is 0. The molecule has 0 bridgehead atoms. The van der Waals surface area contributed by atoms with Crippen LogP contribution in [0.4, 0.5) is 0 Å². The van der Waals surface area contributed by atoms with Gasteiger partial charge >= 0.3 is 0 Å². The summed E-state index contributed by atoms with van der Waals surface area (Å²) in [5, 5.41) is 7.31. The molecule has 1 N–H and O–H groups in total. The number of rotatable bonds is 6. The number of benzene rings is 2. The molecule has 106 valence electrons. The molecule has 0 spiro atoms. The second kappa shape index (κ2) is 6.81. The van der Waals surface area contributed by atoms with Gasteiger partial charge < -0.3 is 9.84 Å². The van der Waals surface area contributed by atoms with Gasteiger partial charge in [0.2, 0.25) is 5.89 Å². The van der Waals surface area contributed by atoms with Gasteiger partial charge in [-0.05, 0) is 11.1 Å². The van der Waals surface area contributed by atoms with Crippen LogP contribution in [0.25, 0.3) is 0 Å². The summed E-state index contributed by atoms with van der Waals surface area (Å²) >= 11 is 0. The van der Waals surface area contributed by atoms with E-state index in [9.17, 15) is 0 Å². The summed E-state index contributed by atoms with van der Waals surface area (Å²) in [4.78, 5) is 4.40. The molecule has 0 saturated carbocycles. The van der Waals surface area contributed by atoms with Crippen molar-refractivity contribution in [3.63, 3.8) is 0 Å². The SMILES string of the molecule is c1ccc(CNCc2nc(Cc3ccccc3)no2)cc1. The first-order valence-electron chi connectivity index (χ1n) is 7.00. The van der Waals surface area contributed by atoms with Crippen LogP contribution in [-0.2, 0) is 19.5 Å². The Bertz CT molecular complexity index is 665. The summed E-state index contributed by atoms with van der Waals surface area (Å²) < 4.78 is 5.25. The second-order valence-electron chi connectivity index (χ2n) is 4.86. The van der Waals surface area contributed by atoms with Crippen LogP contribution in [0, 0.1) is 0 Å². The van der Waals surface area contributed by atoms with Gasteiger partial charge in [-0.1, -0.05) is 65.8 Å². The maximum Gasteiger partial charge on any atom is 0.240 e. The Morgan fingerprint density at radius 1 is 0.810 bits per heavy atom. The molecular weight excluding hydrogens is 262 g/mol. The van der Waals surface area contributed by atoms with Crippen LogP contribution in [0.15, 0.2) is 65.2 Å². The molecule has 4 heteroatoms. The normalized spacial score (nSPS) is 10.7. The third-order valence-corrected chi connectivity index (χ3v) is 3.16. The number of aromatic nitrogens is 2. The minimum Gasteiger partial charge on any atom is -0.338 e. The lowest BCUT2D eigenvalue weighted by atomic mass is 10.1. The molecule has 1 heterocycles. The van der Waals surface area contributed by atoms with Crippen LogP contribution in [0.3, 0.4) is 0 Å². The molecule has 4 nitrogen and oxygen atoms in total. The largest absolute Gasteiger partial charge is 0.338 e. The first-order chi connectivity index (χ1) is 10.4. The van der Waals surface area contributed by atoms with Crippen LogP contribution in [0.5, 0.6) is 0 Å². The highest BCUT2D eigenvalue weighted by Crippen LogP contribution is 2.06. The van der Waals surface area contributed by atoms with Crippen molar-refractivity contribution in [1.29, 1.82) is 0 Å². The third kappa shape index (κ3) is 4.00. The van der Waals surface area contributed by atoms with E-state index in [1.807, 2.05) is 36.4 Å². The van der Waals surface area contributed by atoms with Crippen molar-refractivity contribution in [3.05, 3.63) is 83.5 Å². The summed E-state index contributed by atoms with van der Waals surface area (Å²) in [6.07, 6.45) is 0.697. The monoisotopic (exact) mass is 279 g/mol. The van der Waals surface area contributed by atoms with E-state index in [-0.39, 0.29) is 0 Å². The van der Waals surface area contributed by atoms with Crippen molar-refractivity contribution >= 4 is 0 Å². The summed E-state index contributed by atoms with van der Waals surface area (Å²) in [5.41, 5.74) is 2.42. The molecule has 0 aliphatic rings. The van der Waals surface area contributed by atoms with Gasteiger partial charge in [-0.25, -0.2) is 0 Å². The highest BCUT2D eigenvalue weighted by Gasteiger charge is 2.06. The lowest BCUT2D eigenvalue weighted by molar-refractivity contribution is 0.363. The number of nitrogens with one attached hydrogen (secondary N) is 1. The molecule has 0 unspecified atom stereocenters. The molecule has 1 aromatic heterocycles. The fourth-order valence-electron chi connectivity index (χ4n) is 2.12. The standard InChI is InChI=1S/C17H17N3O/c1-3-7-14(8-4-1)11-16-19-17(21-20-16)13-18-12-15-9-5-2-6-10-15/h1-10,18H,11-13H2. The van der Waals surface area contributed by atoms with Crippen LogP contribution in [0.1, 0.15) is 22.8 Å². The minimum atomic E-state index is 0.580. The summed E-state index contributed by atoms with van der Waals surface area (Å²) in [5.74, 6) is 1.34. The molecular formula is C17H17N3O. The van der Waals surface area contributed by atoms with Gasteiger partial charge in [-0.2, -0.15) is 4.98 Å². The van der Waals surface area contributed by atoms with E-state index >= 15 is 0 Å². The Kier molecular flexibility index (Phi) is 4.39. The minimum absolute atomic E-state index is 0.580. The molecule has 0 amide bonds. The van der Waals surface area contributed by atoms with E-state index in [0.717, 1.165) is 12.4 Å². The highest BCUT2D eigenvalue weighted by atomic mass is 16.5. The van der Waals surface area contributed by atoms with E-state index in [1.165, 1.54) is 11.1 Å². The summed E-state index contributed by atoms with van der Waals surface area (Å²) in [6.45, 7) is 1.37. The van der Waals surface area contributed by atoms with Gasteiger partial charge in [0.25, 0.3) is 0 Å². The van der Waals surface area contributed by atoms with E-state index in [1.54, 1.807) is 0 Å². The molecule has 21 heavy (non-hydrogen) atoms. The van der Waals surface area contributed by atoms with Crippen molar-refractivity contribution in [2.75, 3.05) is 0 Å². The number of hydrogen-bond donors (Lipinski definition) is 1. The van der Waals surface area contributed by atoms with Crippen LogP contribution >= 0.6 is 0 Å². The van der Waals surface area contributed by atoms with Gasteiger partial charge in [-0.3, -0.25) is 0 Å². The van der Waals surface area contributed by atoms with E-state index in [0.29, 0.717) is 18.9 Å². The molecule has 0 saturated heterocycles.